The average molecular weight is 156 g/mol. The van der Waals surface area contributed by atoms with Crippen LogP contribution >= 0.6 is 0 Å². The molecule has 0 fully saturated rings. The first-order chi connectivity index (χ1) is 2.41. The van der Waals surface area contributed by atoms with Gasteiger partial charge in [-0.15, -0.1) is 0 Å². The van der Waals surface area contributed by atoms with E-state index in [0.717, 1.165) is 8.05 Å². The Morgan fingerprint density at radius 2 is 1.00 bits per heavy atom. The molecule has 0 aromatic rings. The van der Waals surface area contributed by atoms with Crippen molar-refractivity contribution in [3.63, 3.8) is 0 Å². The minimum absolute atomic E-state index is 0. The molecule has 48 valence electrons. The van der Waals surface area contributed by atoms with E-state index in [2.05, 4.69) is 0 Å². The summed E-state index contributed by atoms with van der Waals surface area (Å²) in [4.78, 5) is 0. The van der Waals surface area contributed by atoms with Crippen LogP contribution in [0.15, 0.2) is 0 Å². The maximum absolute atomic E-state index is 7.12. The van der Waals surface area contributed by atoms with Crippen molar-refractivity contribution in [1.29, 1.82) is 0 Å². The molecule has 0 saturated carbocycles. The summed E-state index contributed by atoms with van der Waals surface area (Å²) < 4.78 is 0. The number of rotatable bonds is 0. The van der Waals surface area contributed by atoms with Crippen molar-refractivity contribution in [1.82, 2.24) is 0 Å². The first-order valence-corrected chi connectivity index (χ1v) is 1.08. The van der Waals surface area contributed by atoms with Crippen LogP contribution in [0.3, 0.4) is 0 Å². The summed E-state index contributed by atoms with van der Waals surface area (Å²) in [6.07, 6.45) is 0. The molecule has 0 saturated heterocycles. The molecule has 3 nitrogen and oxygen atoms in total. The van der Waals surface area contributed by atoms with Gasteiger partial charge in [0.1, 0.15) is 0 Å². The van der Waals surface area contributed by atoms with Crippen LogP contribution in [0.4, 0.5) is 9.41 Å². The molecule has 0 rings (SSSR count). The predicted molar refractivity (Wildman–Crippen MR) is 34.5 cm³/mol. The van der Waals surface area contributed by atoms with E-state index in [1.807, 2.05) is 0 Å². The van der Waals surface area contributed by atoms with E-state index in [1.54, 1.807) is 0 Å². The van der Waals surface area contributed by atoms with Crippen LogP contribution in [0.1, 0.15) is 0 Å². The summed E-state index contributed by atoms with van der Waals surface area (Å²) in [6, 6.07) is 0. The SMILES string of the molecule is BO.F.F.OBO.[KH]. The summed E-state index contributed by atoms with van der Waals surface area (Å²) in [5.41, 5.74) is 0. The molecule has 0 aliphatic heterocycles. The molecule has 0 unspecified atom stereocenters. The fourth-order valence-electron chi connectivity index (χ4n) is 0. The molecule has 0 aromatic heterocycles. The molecule has 3 N–H and O–H groups in total. The molecule has 0 bridgehead atoms. The fourth-order valence-corrected chi connectivity index (χ4v) is 0. The third-order valence-electron chi connectivity index (χ3n) is 0. The molecular weight excluding hydrogens is 147 g/mol. The normalized spacial score (nSPS) is 2.38. The van der Waals surface area contributed by atoms with Gasteiger partial charge in [0.05, 0.1) is 0 Å². The molecule has 8 heteroatoms. The molecule has 0 aliphatic rings. The van der Waals surface area contributed by atoms with Crippen LogP contribution in [-0.2, 0) is 0 Å². The first kappa shape index (κ1) is 33.9. The summed E-state index contributed by atoms with van der Waals surface area (Å²) in [7, 11) is 0.250. The Kier molecular flexibility index (Phi) is 323. The van der Waals surface area contributed by atoms with Gasteiger partial charge in [-0.25, -0.2) is 0 Å². The zero-order valence-corrected chi connectivity index (χ0v) is 3.87. The summed E-state index contributed by atoms with van der Waals surface area (Å²) >= 11 is 0. The van der Waals surface area contributed by atoms with Gasteiger partial charge in [-0.05, 0) is 0 Å². The van der Waals surface area contributed by atoms with E-state index in [9.17, 15) is 0 Å². The van der Waals surface area contributed by atoms with Crippen molar-refractivity contribution in [3.8, 4) is 0 Å². The molecule has 0 atom stereocenters. The van der Waals surface area contributed by atoms with Gasteiger partial charge in [0.2, 0.25) is 0 Å². The van der Waals surface area contributed by atoms with Crippen LogP contribution in [0.25, 0.3) is 0 Å². The molecular formula is H9B2F2KO3. The second-order valence-electron chi connectivity index (χ2n) is 0.141. The van der Waals surface area contributed by atoms with E-state index in [1.165, 1.54) is 0 Å². The van der Waals surface area contributed by atoms with E-state index < -0.39 is 7.69 Å². The zero-order chi connectivity index (χ0) is 4.71. The van der Waals surface area contributed by atoms with Crippen molar-refractivity contribution >= 4 is 67.1 Å². The van der Waals surface area contributed by atoms with Gasteiger partial charge in [0, 0.05) is 0 Å². The van der Waals surface area contributed by atoms with Crippen LogP contribution in [-0.4, -0.2) is 82.2 Å². The molecule has 0 aliphatic carbocycles. The van der Waals surface area contributed by atoms with Crippen molar-refractivity contribution in [3.05, 3.63) is 0 Å². The van der Waals surface area contributed by atoms with Gasteiger partial charge in [-0.1, -0.05) is 0 Å². The van der Waals surface area contributed by atoms with Crippen molar-refractivity contribution in [2.75, 3.05) is 0 Å². The Morgan fingerprint density at radius 3 is 1.00 bits per heavy atom. The summed E-state index contributed by atoms with van der Waals surface area (Å²) in [5.74, 6) is 0. The topological polar surface area (TPSA) is 60.7 Å². The van der Waals surface area contributed by atoms with Gasteiger partial charge in [-0.2, -0.15) is 0 Å². The molecule has 0 aromatic carbocycles. The van der Waals surface area contributed by atoms with Gasteiger partial charge in [0.25, 0.3) is 8.05 Å². The van der Waals surface area contributed by atoms with Crippen LogP contribution < -0.4 is 0 Å². The van der Waals surface area contributed by atoms with E-state index in [4.69, 9.17) is 15.1 Å². The Balaban J connectivity index is -0.00000000567. The predicted octanol–water partition coefficient (Wildman–Crippen LogP) is -3.58. The Morgan fingerprint density at radius 1 is 1.00 bits per heavy atom. The zero-order valence-electron chi connectivity index (χ0n) is 3.87. The number of hydrogen-bond donors (Lipinski definition) is 3. The number of hydrogen-bond acceptors (Lipinski definition) is 3. The first-order valence-electron chi connectivity index (χ1n) is 1.08. The molecule has 8 heavy (non-hydrogen) atoms. The van der Waals surface area contributed by atoms with Gasteiger partial charge in [-0.3, -0.25) is 9.41 Å². The molecule has 0 amide bonds. The Bertz CT molecular complexity index is 15.2. The number of halogens is 2. The standard InChI is InChI=1S/BH3O2.BH3O.2FH.K.H/c2-1-3;1-2;;;;/h1-3H;2H,1H2;2*1H;;. The van der Waals surface area contributed by atoms with E-state index in [0.29, 0.717) is 0 Å². The average Bonchev–Trinajstić information content (AvgIpc) is 1.46. The molecule has 0 heterocycles. The third kappa shape index (κ3) is 140. The quantitative estimate of drug-likeness (QED) is 0.317. The van der Waals surface area contributed by atoms with Crippen molar-refractivity contribution < 1.29 is 24.5 Å². The van der Waals surface area contributed by atoms with E-state index in [-0.39, 0.29) is 60.8 Å². The molecule has 0 spiro atoms. The third-order valence-corrected chi connectivity index (χ3v) is 0. The van der Waals surface area contributed by atoms with Gasteiger partial charge in [0.15, 0.2) is 0 Å². The van der Waals surface area contributed by atoms with E-state index >= 15 is 0 Å². The fraction of sp³-hybridized carbons (Fsp3) is 0. The Labute approximate surface area is 90.4 Å². The van der Waals surface area contributed by atoms with Crippen LogP contribution in [0.2, 0.25) is 0 Å². The maximum atomic E-state index is 7.12. The van der Waals surface area contributed by atoms with Gasteiger partial charge < -0.3 is 15.1 Å². The minimum atomic E-state index is -0.750. The van der Waals surface area contributed by atoms with Crippen LogP contribution in [0, 0.1) is 0 Å². The monoisotopic (exact) mass is 156 g/mol. The second kappa shape index (κ2) is 76.3. The summed E-state index contributed by atoms with van der Waals surface area (Å²) in [5, 5.41) is 21.2. The van der Waals surface area contributed by atoms with Crippen LogP contribution in [0.5, 0.6) is 0 Å². The van der Waals surface area contributed by atoms with Gasteiger partial charge >= 0.3 is 59.1 Å². The van der Waals surface area contributed by atoms with Crippen molar-refractivity contribution in [2.24, 2.45) is 0 Å². The second-order valence-corrected chi connectivity index (χ2v) is 0.141. The Hall–Kier alpha value is 1.51. The molecule has 0 radical (unpaired) electrons. The van der Waals surface area contributed by atoms with Crippen molar-refractivity contribution in [2.45, 2.75) is 0 Å². The summed E-state index contributed by atoms with van der Waals surface area (Å²) in [6.45, 7) is 0.